The first-order valence-electron chi connectivity index (χ1n) is 5.67. The molecule has 1 aromatic heterocycles. The predicted molar refractivity (Wildman–Crippen MR) is 63.0 cm³/mol. The fourth-order valence-corrected chi connectivity index (χ4v) is 2.13. The first-order chi connectivity index (χ1) is 7.59. The highest BCUT2D eigenvalue weighted by Crippen LogP contribution is 2.19. The minimum atomic E-state index is -0.0379. The molecule has 1 aliphatic heterocycles. The SMILES string of the molecule is Cc1nn(C)c(C)c1CC(N)C1=CCCO1. The van der Waals surface area contributed by atoms with Crippen molar-refractivity contribution in [3.8, 4) is 0 Å². The van der Waals surface area contributed by atoms with Gasteiger partial charge in [0.05, 0.1) is 18.3 Å². The predicted octanol–water partition coefficient (Wildman–Crippen LogP) is 1.21. The van der Waals surface area contributed by atoms with Crippen molar-refractivity contribution < 1.29 is 4.74 Å². The lowest BCUT2D eigenvalue weighted by Crippen LogP contribution is -2.26. The molecule has 88 valence electrons. The maximum Gasteiger partial charge on any atom is 0.109 e. The number of hydrogen-bond donors (Lipinski definition) is 1. The number of nitrogens with two attached hydrogens (primary N) is 1. The third-order valence-corrected chi connectivity index (χ3v) is 3.18. The number of aryl methyl sites for hydroxylation is 2. The van der Waals surface area contributed by atoms with Crippen LogP contribution in [0.2, 0.25) is 0 Å². The zero-order chi connectivity index (χ0) is 11.7. The summed E-state index contributed by atoms with van der Waals surface area (Å²) < 4.78 is 7.39. The number of nitrogens with zero attached hydrogens (tertiary/aromatic N) is 2. The Morgan fingerprint density at radius 3 is 2.81 bits per heavy atom. The summed E-state index contributed by atoms with van der Waals surface area (Å²) >= 11 is 0. The summed E-state index contributed by atoms with van der Waals surface area (Å²) in [6, 6.07) is -0.0379. The quantitative estimate of drug-likeness (QED) is 0.834. The van der Waals surface area contributed by atoms with Crippen LogP contribution in [0.5, 0.6) is 0 Å². The molecule has 4 nitrogen and oxygen atoms in total. The van der Waals surface area contributed by atoms with Gasteiger partial charge in [-0.05, 0) is 31.9 Å². The van der Waals surface area contributed by atoms with E-state index < -0.39 is 0 Å². The highest BCUT2D eigenvalue weighted by Gasteiger charge is 2.19. The molecular formula is C12H19N3O. The van der Waals surface area contributed by atoms with Crippen LogP contribution in [0.1, 0.15) is 23.4 Å². The monoisotopic (exact) mass is 221 g/mol. The fraction of sp³-hybridized carbons (Fsp3) is 0.583. The average Bonchev–Trinajstić information content (AvgIpc) is 2.83. The van der Waals surface area contributed by atoms with Crippen molar-refractivity contribution in [3.05, 3.63) is 28.8 Å². The van der Waals surface area contributed by atoms with Gasteiger partial charge in [0.15, 0.2) is 0 Å². The second-order valence-electron chi connectivity index (χ2n) is 4.33. The summed E-state index contributed by atoms with van der Waals surface area (Å²) in [6.45, 7) is 4.87. The van der Waals surface area contributed by atoms with Crippen molar-refractivity contribution >= 4 is 0 Å². The zero-order valence-electron chi connectivity index (χ0n) is 10.2. The van der Waals surface area contributed by atoms with Crippen LogP contribution < -0.4 is 5.73 Å². The minimum Gasteiger partial charge on any atom is -0.496 e. The molecule has 0 aliphatic carbocycles. The van der Waals surface area contributed by atoms with E-state index in [0.717, 1.165) is 30.9 Å². The molecule has 16 heavy (non-hydrogen) atoms. The van der Waals surface area contributed by atoms with Crippen LogP contribution in [0.15, 0.2) is 11.8 Å². The van der Waals surface area contributed by atoms with Gasteiger partial charge in [-0.15, -0.1) is 0 Å². The summed E-state index contributed by atoms with van der Waals surface area (Å²) in [4.78, 5) is 0. The minimum absolute atomic E-state index is 0.0379. The molecule has 2 N–H and O–H groups in total. The molecule has 0 aromatic carbocycles. The standard InChI is InChI=1S/C12H19N3O/c1-8-10(9(2)15(3)14-8)7-11(13)12-5-4-6-16-12/h5,11H,4,6-7,13H2,1-3H3. The topological polar surface area (TPSA) is 53.1 Å². The van der Waals surface area contributed by atoms with E-state index in [1.54, 1.807) is 0 Å². The molecule has 2 heterocycles. The fourth-order valence-electron chi connectivity index (χ4n) is 2.13. The van der Waals surface area contributed by atoms with Crippen LogP contribution in [0, 0.1) is 13.8 Å². The number of ether oxygens (including phenoxy) is 1. The first-order valence-corrected chi connectivity index (χ1v) is 5.67. The van der Waals surface area contributed by atoms with Gasteiger partial charge in [0.25, 0.3) is 0 Å². The summed E-state index contributed by atoms with van der Waals surface area (Å²) in [6.07, 6.45) is 3.87. The molecule has 0 amide bonds. The Balaban J connectivity index is 2.14. The van der Waals surface area contributed by atoms with Gasteiger partial charge in [-0.3, -0.25) is 4.68 Å². The van der Waals surface area contributed by atoms with E-state index in [-0.39, 0.29) is 6.04 Å². The van der Waals surface area contributed by atoms with Gasteiger partial charge < -0.3 is 10.5 Å². The van der Waals surface area contributed by atoms with E-state index in [9.17, 15) is 0 Å². The number of hydrogen-bond acceptors (Lipinski definition) is 3. The van der Waals surface area contributed by atoms with Crippen LogP contribution in [0.25, 0.3) is 0 Å². The summed E-state index contributed by atoms with van der Waals surface area (Å²) in [5, 5.41) is 4.39. The summed E-state index contributed by atoms with van der Waals surface area (Å²) in [5.41, 5.74) is 9.62. The molecule has 0 bridgehead atoms. The van der Waals surface area contributed by atoms with Crippen LogP contribution in [0.4, 0.5) is 0 Å². The van der Waals surface area contributed by atoms with Gasteiger partial charge in [0.2, 0.25) is 0 Å². The van der Waals surface area contributed by atoms with Crippen molar-refractivity contribution in [1.29, 1.82) is 0 Å². The van der Waals surface area contributed by atoms with Gasteiger partial charge in [-0.2, -0.15) is 5.10 Å². The Morgan fingerprint density at radius 2 is 2.31 bits per heavy atom. The Kier molecular flexibility index (Phi) is 3.01. The second-order valence-corrected chi connectivity index (χ2v) is 4.33. The zero-order valence-corrected chi connectivity index (χ0v) is 10.2. The molecule has 1 unspecified atom stereocenters. The maximum absolute atomic E-state index is 6.13. The molecule has 1 atom stereocenters. The highest BCUT2D eigenvalue weighted by atomic mass is 16.5. The Hall–Kier alpha value is -1.29. The Bertz CT molecular complexity index is 420. The van der Waals surface area contributed by atoms with E-state index in [0.29, 0.717) is 0 Å². The molecule has 0 saturated carbocycles. The largest absolute Gasteiger partial charge is 0.496 e. The third-order valence-electron chi connectivity index (χ3n) is 3.18. The van der Waals surface area contributed by atoms with Crippen LogP contribution in [0.3, 0.4) is 0 Å². The lowest BCUT2D eigenvalue weighted by molar-refractivity contribution is 0.224. The molecule has 1 aromatic rings. The lowest BCUT2D eigenvalue weighted by Gasteiger charge is -2.13. The third kappa shape index (κ3) is 1.97. The van der Waals surface area contributed by atoms with E-state index in [1.165, 1.54) is 11.3 Å². The molecule has 4 heteroatoms. The lowest BCUT2D eigenvalue weighted by atomic mass is 10.0. The molecule has 1 aliphatic rings. The number of aromatic nitrogens is 2. The van der Waals surface area contributed by atoms with Gasteiger partial charge in [-0.25, -0.2) is 0 Å². The molecule has 0 radical (unpaired) electrons. The number of rotatable bonds is 3. The van der Waals surface area contributed by atoms with Crippen molar-refractivity contribution in [2.45, 2.75) is 32.7 Å². The van der Waals surface area contributed by atoms with Gasteiger partial charge in [-0.1, -0.05) is 0 Å². The average molecular weight is 221 g/mol. The van der Waals surface area contributed by atoms with E-state index in [4.69, 9.17) is 10.5 Å². The first kappa shape index (κ1) is 11.2. The van der Waals surface area contributed by atoms with Crippen molar-refractivity contribution in [2.75, 3.05) is 6.61 Å². The Morgan fingerprint density at radius 1 is 1.56 bits per heavy atom. The molecule has 0 spiro atoms. The van der Waals surface area contributed by atoms with E-state index in [2.05, 4.69) is 18.1 Å². The van der Waals surface area contributed by atoms with Crippen molar-refractivity contribution in [1.82, 2.24) is 9.78 Å². The maximum atomic E-state index is 6.13. The Labute approximate surface area is 96.1 Å². The molecule has 0 saturated heterocycles. The molecule has 2 rings (SSSR count). The molecule has 0 fully saturated rings. The van der Waals surface area contributed by atoms with Crippen LogP contribution in [-0.2, 0) is 18.2 Å². The second kappa shape index (κ2) is 4.29. The van der Waals surface area contributed by atoms with E-state index in [1.807, 2.05) is 18.7 Å². The highest BCUT2D eigenvalue weighted by molar-refractivity contribution is 5.27. The van der Waals surface area contributed by atoms with Crippen LogP contribution in [-0.4, -0.2) is 22.4 Å². The summed E-state index contributed by atoms with van der Waals surface area (Å²) in [5.74, 6) is 0.933. The van der Waals surface area contributed by atoms with Gasteiger partial charge in [0, 0.05) is 19.2 Å². The summed E-state index contributed by atoms with van der Waals surface area (Å²) in [7, 11) is 1.96. The normalized spacial score (nSPS) is 17.1. The van der Waals surface area contributed by atoms with Gasteiger partial charge >= 0.3 is 0 Å². The van der Waals surface area contributed by atoms with Crippen molar-refractivity contribution in [3.63, 3.8) is 0 Å². The van der Waals surface area contributed by atoms with E-state index >= 15 is 0 Å². The molecular weight excluding hydrogens is 202 g/mol. The van der Waals surface area contributed by atoms with Crippen molar-refractivity contribution in [2.24, 2.45) is 12.8 Å². The van der Waals surface area contributed by atoms with Gasteiger partial charge in [0.1, 0.15) is 5.76 Å². The smallest absolute Gasteiger partial charge is 0.109 e. The van der Waals surface area contributed by atoms with Crippen LogP contribution >= 0.6 is 0 Å².